The molecule has 0 aliphatic rings. The first kappa shape index (κ1) is 17.0. The van der Waals surface area contributed by atoms with E-state index in [0.29, 0.717) is 15.9 Å². The maximum Gasteiger partial charge on any atom is 0.280 e. The van der Waals surface area contributed by atoms with E-state index in [1.807, 2.05) is 18.2 Å². The maximum absolute atomic E-state index is 13.9. The van der Waals surface area contributed by atoms with Crippen molar-refractivity contribution in [2.45, 2.75) is 6.92 Å². The molecule has 25 heavy (non-hydrogen) atoms. The molecule has 1 N–H and O–H groups in total. The van der Waals surface area contributed by atoms with Gasteiger partial charge in [-0.3, -0.25) is 9.59 Å². The molecular formula is C18H13BrFN3O2. The highest BCUT2D eigenvalue weighted by Gasteiger charge is 2.17. The monoisotopic (exact) mass is 401 g/mol. The van der Waals surface area contributed by atoms with Crippen molar-refractivity contribution in [3.05, 3.63) is 86.5 Å². The molecule has 126 valence electrons. The summed E-state index contributed by atoms with van der Waals surface area (Å²) < 4.78 is 15.9. The summed E-state index contributed by atoms with van der Waals surface area (Å²) in [6.07, 6.45) is 0. The van der Waals surface area contributed by atoms with Crippen LogP contribution in [0.15, 0.2) is 63.9 Å². The standard InChI is InChI=1S/C18H13BrFN3O2/c1-11-9-16(24)17(22-23(11)13-5-3-2-4-6-13)18(25)21-15-8-7-12(19)10-14(15)20/h2-10H,1H3,(H,21,25). The first-order valence-electron chi connectivity index (χ1n) is 7.38. The Morgan fingerprint density at radius 3 is 2.56 bits per heavy atom. The predicted molar refractivity (Wildman–Crippen MR) is 96.6 cm³/mol. The first-order valence-corrected chi connectivity index (χ1v) is 8.18. The molecule has 0 spiro atoms. The highest BCUT2D eigenvalue weighted by molar-refractivity contribution is 9.10. The number of amides is 1. The molecule has 1 amide bonds. The highest BCUT2D eigenvalue weighted by atomic mass is 79.9. The number of nitrogens with zero attached hydrogens (tertiary/aromatic N) is 2. The van der Waals surface area contributed by atoms with Crippen LogP contribution in [0.4, 0.5) is 10.1 Å². The van der Waals surface area contributed by atoms with E-state index >= 15 is 0 Å². The van der Waals surface area contributed by atoms with Crippen molar-refractivity contribution in [3.8, 4) is 5.69 Å². The Balaban J connectivity index is 1.99. The number of para-hydroxylation sites is 1. The van der Waals surface area contributed by atoms with Gasteiger partial charge in [-0.25, -0.2) is 9.07 Å². The third-order valence-corrected chi connectivity index (χ3v) is 4.00. The van der Waals surface area contributed by atoms with Gasteiger partial charge in [0.05, 0.1) is 11.4 Å². The number of benzene rings is 2. The van der Waals surface area contributed by atoms with Crippen LogP contribution in [0.25, 0.3) is 5.69 Å². The SMILES string of the molecule is Cc1cc(=O)c(C(=O)Nc2ccc(Br)cc2F)nn1-c1ccccc1. The molecule has 0 aliphatic carbocycles. The normalized spacial score (nSPS) is 10.5. The topological polar surface area (TPSA) is 64.0 Å². The Morgan fingerprint density at radius 1 is 1.16 bits per heavy atom. The molecule has 0 saturated heterocycles. The number of aromatic nitrogens is 2. The average molecular weight is 402 g/mol. The number of carbonyl (C=O) groups is 1. The van der Waals surface area contributed by atoms with E-state index < -0.39 is 17.2 Å². The van der Waals surface area contributed by atoms with Gasteiger partial charge in [0.15, 0.2) is 5.69 Å². The number of halogens is 2. The molecule has 0 unspecified atom stereocenters. The molecular weight excluding hydrogens is 389 g/mol. The van der Waals surface area contributed by atoms with E-state index in [1.54, 1.807) is 25.1 Å². The van der Waals surface area contributed by atoms with Crippen molar-refractivity contribution in [2.75, 3.05) is 5.32 Å². The fourth-order valence-corrected chi connectivity index (χ4v) is 2.64. The molecule has 0 radical (unpaired) electrons. The average Bonchev–Trinajstić information content (AvgIpc) is 2.58. The van der Waals surface area contributed by atoms with E-state index in [-0.39, 0.29) is 11.4 Å². The zero-order chi connectivity index (χ0) is 18.0. The minimum atomic E-state index is -0.768. The second-order valence-electron chi connectivity index (χ2n) is 5.32. The Hall–Kier alpha value is -2.80. The van der Waals surface area contributed by atoms with Gasteiger partial charge >= 0.3 is 0 Å². The molecule has 0 aliphatic heterocycles. The van der Waals surface area contributed by atoms with Crippen molar-refractivity contribution in [3.63, 3.8) is 0 Å². The van der Waals surface area contributed by atoms with Crippen molar-refractivity contribution in [1.29, 1.82) is 0 Å². The van der Waals surface area contributed by atoms with Crippen molar-refractivity contribution < 1.29 is 9.18 Å². The van der Waals surface area contributed by atoms with E-state index in [1.165, 1.54) is 22.9 Å². The first-order chi connectivity index (χ1) is 12.0. The van der Waals surface area contributed by atoms with Gasteiger partial charge in [-0.1, -0.05) is 34.1 Å². The molecule has 0 bridgehead atoms. The lowest BCUT2D eigenvalue weighted by Crippen LogP contribution is -2.27. The van der Waals surface area contributed by atoms with Gasteiger partial charge in [0.2, 0.25) is 5.43 Å². The molecule has 1 aromatic heterocycles. The molecule has 0 atom stereocenters. The summed E-state index contributed by atoms with van der Waals surface area (Å²) >= 11 is 3.14. The van der Waals surface area contributed by atoms with E-state index in [4.69, 9.17) is 0 Å². The van der Waals surface area contributed by atoms with Gasteiger partial charge in [0.1, 0.15) is 5.82 Å². The van der Waals surface area contributed by atoms with Gasteiger partial charge < -0.3 is 5.32 Å². The Morgan fingerprint density at radius 2 is 1.88 bits per heavy atom. The van der Waals surface area contributed by atoms with Crippen LogP contribution in [0, 0.1) is 12.7 Å². The van der Waals surface area contributed by atoms with Crippen molar-refractivity contribution in [2.24, 2.45) is 0 Å². The van der Waals surface area contributed by atoms with E-state index in [0.717, 1.165) is 0 Å². The number of anilines is 1. The minimum Gasteiger partial charge on any atom is -0.318 e. The quantitative estimate of drug-likeness (QED) is 0.727. The Bertz CT molecular complexity index is 1000. The van der Waals surface area contributed by atoms with Gasteiger partial charge in [-0.05, 0) is 37.3 Å². The van der Waals surface area contributed by atoms with Crippen LogP contribution in [0.1, 0.15) is 16.2 Å². The van der Waals surface area contributed by atoms with E-state index in [2.05, 4.69) is 26.3 Å². The molecule has 3 rings (SSSR count). The van der Waals surface area contributed by atoms with Gasteiger partial charge in [0.25, 0.3) is 5.91 Å². The third-order valence-electron chi connectivity index (χ3n) is 3.50. The van der Waals surface area contributed by atoms with Gasteiger partial charge in [0, 0.05) is 16.2 Å². The molecule has 1 heterocycles. The minimum absolute atomic E-state index is 0.0266. The van der Waals surface area contributed by atoms with E-state index in [9.17, 15) is 14.0 Å². The summed E-state index contributed by atoms with van der Waals surface area (Å²) in [5.74, 6) is -1.38. The molecule has 0 saturated carbocycles. The van der Waals surface area contributed by atoms with Crippen molar-refractivity contribution in [1.82, 2.24) is 9.78 Å². The number of rotatable bonds is 3. The number of carbonyl (C=O) groups excluding carboxylic acids is 1. The summed E-state index contributed by atoms with van der Waals surface area (Å²) in [5.41, 5.74) is 0.434. The van der Waals surface area contributed by atoms with Crippen LogP contribution in [-0.4, -0.2) is 15.7 Å². The zero-order valence-corrected chi connectivity index (χ0v) is 14.7. The fourth-order valence-electron chi connectivity index (χ4n) is 2.31. The van der Waals surface area contributed by atoms with Gasteiger partial charge in [-0.2, -0.15) is 5.10 Å². The summed E-state index contributed by atoms with van der Waals surface area (Å²) in [5, 5.41) is 6.53. The molecule has 5 nitrogen and oxygen atoms in total. The van der Waals surface area contributed by atoms with Crippen LogP contribution in [0.5, 0.6) is 0 Å². The molecule has 0 fully saturated rings. The third kappa shape index (κ3) is 3.66. The number of hydrogen-bond acceptors (Lipinski definition) is 3. The number of hydrogen-bond donors (Lipinski definition) is 1. The van der Waals surface area contributed by atoms with Crippen LogP contribution in [-0.2, 0) is 0 Å². The van der Waals surface area contributed by atoms with Crippen molar-refractivity contribution >= 4 is 27.5 Å². The Labute approximate surface area is 151 Å². The van der Waals surface area contributed by atoms with Gasteiger partial charge in [-0.15, -0.1) is 0 Å². The summed E-state index contributed by atoms with van der Waals surface area (Å²) in [4.78, 5) is 24.6. The fraction of sp³-hybridized carbons (Fsp3) is 0.0556. The molecule has 3 aromatic rings. The number of aryl methyl sites for hydroxylation is 1. The van der Waals surface area contributed by atoms with Crippen LogP contribution in [0.3, 0.4) is 0 Å². The molecule has 7 heteroatoms. The lowest BCUT2D eigenvalue weighted by Gasteiger charge is -2.11. The maximum atomic E-state index is 13.9. The lowest BCUT2D eigenvalue weighted by atomic mass is 10.2. The second kappa shape index (κ2) is 6.98. The predicted octanol–water partition coefficient (Wildman–Crippen LogP) is 3.69. The summed E-state index contributed by atoms with van der Waals surface area (Å²) in [7, 11) is 0. The summed E-state index contributed by atoms with van der Waals surface area (Å²) in [6, 6.07) is 14.7. The zero-order valence-electron chi connectivity index (χ0n) is 13.2. The smallest absolute Gasteiger partial charge is 0.280 e. The highest BCUT2D eigenvalue weighted by Crippen LogP contribution is 2.19. The van der Waals surface area contributed by atoms with Crippen LogP contribution >= 0.6 is 15.9 Å². The summed E-state index contributed by atoms with van der Waals surface area (Å²) in [6.45, 7) is 1.72. The van der Waals surface area contributed by atoms with Crippen LogP contribution in [0.2, 0.25) is 0 Å². The second-order valence-corrected chi connectivity index (χ2v) is 6.24. The lowest BCUT2D eigenvalue weighted by molar-refractivity contribution is 0.101. The number of nitrogens with one attached hydrogen (secondary N) is 1. The van der Waals surface area contributed by atoms with Crippen LogP contribution < -0.4 is 10.7 Å². The Kier molecular flexibility index (Phi) is 4.76. The largest absolute Gasteiger partial charge is 0.318 e. The molecule has 2 aromatic carbocycles.